The predicted molar refractivity (Wildman–Crippen MR) is 121 cm³/mol. The molecule has 0 aliphatic carbocycles. The van der Waals surface area contributed by atoms with Crippen molar-refractivity contribution in [1.29, 1.82) is 0 Å². The van der Waals surface area contributed by atoms with Gasteiger partial charge in [0.15, 0.2) is 0 Å². The van der Waals surface area contributed by atoms with Gasteiger partial charge in [-0.2, -0.15) is 5.10 Å². The van der Waals surface area contributed by atoms with Crippen LogP contribution in [0.2, 0.25) is 0 Å². The summed E-state index contributed by atoms with van der Waals surface area (Å²) in [5.41, 5.74) is 0. The molecule has 4 aliphatic rings. The standard InChI is InChI=1S/C22H34N6O4S/c1-2-27-15-19(11-23-27)33(31,32)24-18-6-8-25(9-7-18)22(30)26-12-16-10-17(14-26)20-4-3-5-21(29)28(20)13-16/h11,15-18,20,24H,2-10,12-14H2,1H3/t16?,17?,20-/m1/s1. The lowest BCUT2D eigenvalue weighted by molar-refractivity contribution is -0.144. The molecule has 5 rings (SSSR count). The van der Waals surface area contributed by atoms with Gasteiger partial charge in [-0.3, -0.25) is 9.48 Å². The van der Waals surface area contributed by atoms with Crippen LogP contribution < -0.4 is 4.72 Å². The second-order valence-corrected chi connectivity index (χ2v) is 11.7. The number of amides is 3. The van der Waals surface area contributed by atoms with Gasteiger partial charge >= 0.3 is 6.03 Å². The number of nitrogens with zero attached hydrogens (tertiary/aromatic N) is 5. The van der Waals surface area contributed by atoms with E-state index in [4.69, 9.17) is 0 Å². The molecule has 182 valence electrons. The third kappa shape index (κ3) is 4.49. The maximum Gasteiger partial charge on any atom is 0.320 e. The van der Waals surface area contributed by atoms with Crippen molar-refractivity contribution < 1.29 is 18.0 Å². The van der Waals surface area contributed by atoms with Crippen molar-refractivity contribution in [1.82, 2.24) is 29.2 Å². The molecule has 3 atom stereocenters. The number of urea groups is 1. The summed E-state index contributed by atoms with van der Waals surface area (Å²) in [6, 6.07) is 0.160. The fourth-order valence-electron chi connectivity index (χ4n) is 6.10. The van der Waals surface area contributed by atoms with Crippen molar-refractivity contribution >= 4 is 22.0 Å². The third-order valence-electron chi connectivity index (χ3n) is 7.78. The highest BCUT2D eigenvalue weighted by molar-refractivity contribution is 7.89. The highest BCUT2D eigenvalue weighted by atomic mass is 32.2. The molecule has 4 fully saturated rings. The van der Waals surface area contributed by atoms with E-state index in [1.54, 1.807) is 4.68 Å². The van der Waals surface area contributed by atoms with Gasteiger partial charge < -0.3 is 14.7 Å². The minimum absolute atomic E-state index is 0.0609. The van der Waals surface area contributed by atoms with Gasteiger partial charge in [0.1, 0.15) is 4.90 Å². The maximum absolute atomic E-state index is 13.3. The van der Waals surface area contributed by atoms with E-state index >= 15 is 0 Å². The molecular weight excluding hydrogens is 444 g/mol. The summed E-state index contributed by atoms with van der Waals surface area (Å²) >= 11 is 0. The van der Waals surface area contributed by atoms with Gasteiger partial charge in [0.05, 0.1) is 6.20 Å². The topological polar surface area (TPSA) is 108 Å². The number of carbonyl (C=O) groups is 2. The molecule has 4 saturated heterocycles. The summed E-state index contributed by atoms with van der Waals surface area (Å²) in [5, 5.41) is 4.05. The van der Waals surface area contributed by atoms with Crippen LogP contribution in [-0.2, 0) is 21.4 Å². The molecule has 2 bridgehead atoms. The first-order valence-electron chi connectivity index (χ1n) is 12.2. The summed E-state index contributed by atoms with van der Waals surface area (Å²) in [6.45, 7) is 5.81. The second kappa shape index (κ2) is 8.90. The number of piperidine rings is 4. The summed E-state index contributed by atoms with van der Waals surface area (Å²) in [4.78, 5) is 31.7. The first kappa shape index (κ1) is 22.6. The van der Waals surface area contributed by atoms with E-state index in [0.717, 1.165) is 32.4 Å². The van der Waals surface area contributed by atoms with Crippen molar-refractivity contribution in [2.24, 2.45) is 11.8 Å². The molecule has 1 aromatic rings. The average Bonchev–Trinajstić information content (AvgIpc) is 3.30. The van der Waals surface area contributed by atoms with E-state index in [1.807, 2.05) is 16.7 Å². The Bertz CT molecular complexity index is 1000. The Kier molecular flexibility index (Phi) is 6.11. The van der Waals surface area contributed by atoms with E-state index in [1.165, 1.54) is 12.4 Å². The van der Waals surface area contributed by atoms with Crippen LogP contribution in [-0.4, -0.2) is 89.6 Å². The van der Waals surface area contributed by atoms with E-state index in [-0.39, 0.29) is 28.9 Å². The Morgan fingerprint density at radius 2 is 1.94 bits per heavy atom. The molecule has 33 heavy (non-hydrogen) atoms. The van der Waals surface area contributed by atoms with Crippen molar-refractivity contribution in [2.45, 2.75) is 69.0 Å². The van der Waals surface area contributed by atoms with Crippen molar-refractivity contribution in [2.75, 3.05) is 32.7 Å². The molecule has 11 heteroatoms. The Balaban J connectivity index is 1.15. The Labute approximate surface area is 195 Å². The lowest BCUT2D eigenvalue weighted by Crippen LogP contribution is -2.62. The van der Waals surface area contributed by atoms with Crippen molar-refractivity contribution in [3.63, 3.8) is 0 Å². The molecule has 0 spiro atoms. The van der Waals surface area contributed by atoms with Gasteiger partial charge in [-0.1, -0.05) is 0 Å². The Hall–Kier alpha value is -2.14. The molecule has 0 aromatic carbocycles. The van der Waals surface area contributed by atoms with Gasteiger partial charge in [-0.15, -0.1) is 0 Å². The number of aromatic nitrogens is 2. The zero-order valence-electron chi connectivity index (χ0n) is 19.2. The zero-order valence-corrected chi connectivity index (χ0v) is 20.0. The highest BCUT2D eigenvalue weighted by Crippen LogP contribution is 2.38. The highest BCUT2D eigenvalue weighted by Gasteiger charge is 2.45. The van der Waals surface area contributed by atoms with Gasteiger partial charge in [-0.05, 0) is 50.9 Å². The quantitative estimate of drug-likeness (QED) is 0.697. The van der Waals surface area contributed by atoms with Gasteiger partial charge in [0.2, 0.25) is 15.9 Å². The number of hydrogen-bond acceptors (Lipinski definition) is 5. The maximum atomic E-state index is 13.3. The minimum atomic E-state index is -3.61. The molecule has 1 aromatic heterocycles. The molecule has 3 amide bonds. The van der Waals surface area contributed by atoms with E-state index in [9.17, 15) is 18.0 Å². The van der Waals surface area contributed by atoms with E-state index in [0.29, 0.717) is 57.3 Å². The number of carbonyl (C=O) groups excluding carboxylic acids is 2. The minimum Gasteiger partial charge on any atom is -0.339 e. The zero-order chi connectivity index (χ0) is 23.2. The van der Waals surface area contributed by atoms with Crippen LogP contribution in [0.1, 0.15) is 45.4 Å². The third-order valence-corrected chi connectivity index (χ3v) is 9.26. The van der Waals surface area contributed by atoms with Gasteiger partial charge in [0.25, 0.3) is 0 Å². The van der Waals surface area contributed by atoms with Crippen molar-refractivity contribution in [3.8, 4) is 0 Å². The van der Waals surface area contributed by atoms with Crippen LogP contribution in [0.25, 0.3) is 0 Å². The van der Waals surface area contributed by atoms with E-state index < -0.39 is 10.0 Å². The summed E-state index contributed by atoms with van der Waals surface area (Å²) in [6.07, 6.45) is 7.88. The summed E-state index contributed by atoms with van der Waals surface area (Å²) in [5.74, 6) is 1.02. The lowest BCUT2D eigenvalue weighted by atomic mass is 9.76. The average molecular weight is 479 g/mol. The Morgan fingerprint density at radius 1 is 1.15 bits per heavy atom. The molecule has 4 aliphatic heterocycles. The first-order chi connectivity index (χ1) is 15.8. The Morgan fingerprint density at radius 3 is 2.67 bits per heavy atom. The molecule has 0 saturated carbocycles. The summed E-state index contributed by atoms with van der Waals surface area (Å²) in [7, 11) is -3.61. The normalized spacial score (nSPS) is 28.7. The lowest BCUT2D eigenvalue weighted by Gasteiger charge is -2.53. The van der Waals surface area contributed by atoms with Crippen LogP contribution in [0.15, 0.2) is 17.3 Å². The molecule has 5 heterocycles. The predicted octanol–water partition coefficient (Wildman–Crippen LogP) is 1.10. The number of nitrogens with one attached hydrogen (secondary N) is 1. The first-order valence-corrected chi connectivity index (χ1v) is 13.7. The van der Waals surface area contributed by atoms with Crippen LogP contribution in [0, 0.1) is 11.8 Å². The molecule has 2 unspecified atom stereocenters. The van der Waals surface area contributed by atoms with Crippen LogP contribution >= 0.6 is 0 Å². The monoisotopic (exact) mass is 478 g/mol. The number of hydrogen-bond donors (Lipinski definition) is 1. The van der Waals surface area contributed by atoms with Crippen molar-refractivity contribution in [3.05, 3.63) is 12.4 Å². The van der Waals surface area contributed by atoms with Crippen LogP contribution in [0.3, 0.4) is 0 Å². The van der Waals surface area contributed by atoms with Gasteiger partial charge in [0, 0.05) is 64.0 Å². The number of likely N-dealkylation sites (tertiary alicyclic amines) is 2. The SMILES string of the molecule is CCn1cc(S(=O)(=O)NC2CCN(C(=O)N3CC4CC(C3)[C@H]3CCCC(=O)N3C4)CC2)cn1. The molecule has 10 nitrogen and oxygen atoms in total. The number of fused-ring (bicyclic) bond motifs is 4. The fourth-order valence-corrected chi connectivity index (χ4v) is 7.36. The summed E-state index contributed by atoms with van der Waals surface area (Å²) < 4.78 is 29.7. The molecular formula is C22H34N6O4S. The number of sulfonamides is 1. The second-order valence-electron chi connectivity index (χ2n) is 9.97. The fraction of sp³-hybridized carbons (Fsp3) is 0.773. The largest absolute Gasteiger partial charge is 0.339 e. The molecule has 0 radical (unpaired) electrons. The number of rotatable bonds is 4. The van der Waals surface area contributed by atoms with E-state index in [2.05, 4.69) is 14.7 Å². The molecule has 1 N–H and O–H groups in total. The van der Waals surface area contributed by atoms with Crippen LogP contribution in [0.5, 0.6) is 0 Å². The van der Waals surface area contributed by atoms with Crippen LogP contribution in [0.4, 0.5) is 4.79 Å². The van der Waals surface area contributed by atoms with Gasteiger partial charge in [-0.25, -0.2) is 17.9 Å². The number of aryl methyl sites for hydroxylation is 1. The smallest absolute Gasteiger partial charge is 0.320 e.